The molecule has 0 aliphatic heterocycles. The molecular formula is C13H20BrN. The zero-order valence-corrected chi connectivity index (χ0v) is 11.6. The molecule has 1 unspecified atom stereocenters. The smallest absolute Gasteiger partial charge is 0.0343 e. The second kappa shape index (κ2) is 5.66. The Hall–Kier alpha value is -0.340. The molecule has 1 nitrogen and oxygen atoms in total. The van der Waals surface area contributed by atoms with Gasteiger partial charge < -0.3 is 5.32 Å². The summed E-state index contributed by atoms with van der Waals surface area (Å²) in [5, 5.41) is 3.52. The average molecular weight is 270 g/mol. The van der Waals surface area contributed by atoms with Crippen molar-refractivity contribution in [3.8, 4) is 0 Å². The van der Waals surface area contributed by atoms with E-state index >= 15 is 0 Å². The van der Waals surface area contributed by atoms with Crippen molar-refractivity contribution in [1.29, 1.82) is 0 Å². The molecule has 0 radical (unpaired) electrons. The molecule has 0 heterocycles. The van der Waals surface area contributed by atoms with Crippen LogP contribution in [0.25, 0.3) is 0 Å². The minimum absolute atomic E-state index is 0.451. The highest BCUT2D eigenvalue weighted by Gasteiger charge is 2.14. The number of rotatable bonds is 4. The summed E-state index contributed by atoms with van der Waals surface area (Å²) in [5.74, 6) is 0.611. The van der Waals surface area contributed by atoms with E-state index in [2.05, 4.69) is 67.1 Å². The zero-order valence-electron chi connectivity index (χ0n) is 9.97. The predicted molar refractivity (Wildman–Crippen MR) is 70.1 cm³/mol. The number of hydrogen-bond donors (Lipinski definition) is 1. The summed E-state index contributed by atoms with van der Waals surface area (Å²) in [6, 6.07) is 7.06. The first-order chi connectivity index (χ1) is 7.06. The van der Waals surface area contributed by atoms with E-state index in [9.17, 15) is 0 Å². The normalized spacial score (nSPS) is 13.2. The Kier molecular flexibility index (Phi) is 4.81. The van der Waals surface area contributed by atoms with Crippen molar-refractivity contribution < 1.29 is 0 Å². The Labute approximate surface area is 101 Å². The third kappa shape index (κ3) is 3.32. The lowest BCUT2D eigenvalue weighted by Crippen LogP contribution is -2.25. The van der Waals surface area contributed by atoms with Gasteiger partial charge in [-0.25, -0.2) is 0 Å². The van der Waals surface area contributed by atoms with Crippen molar-refractivity contribution in [2.24, 2.45) is 5.92 Å². The predicted octanol–water partition coefficient (Wildman–Crippen LogP) is 4.06. The van der Waals surface area contributed by atoms with Gasteiger partial charge in [-0.1, -0.05) is 48.8 Å². The molecule has 0 bridgehead atoms. The highest BCUT2D eigenvalue weighted by molar-refractivity contribution is 9.10. The van der Waals surface area contributed by atoms with Crippen LogP contribution in [0, 0.1) is 12.8 Å². The fourth-order valence-electron chi connectivity index (χ4n) is 1.76. The molecule has 1 aromatic rings. The van der Waals surface area contributed by atoms with Crippen LogP contribution in [0.4, 0.5) is 0 Å². The van der Waals surface area contributed by atoms with Crippen LogP contribution >= 0.6 is 15.9 Å². The minimum atomic E-state index is 0.451. The molecule has 0 saturated carbocycles. The third-order valence-corrected chi connectivity index (χ3v) is 3.50. The summed E-state index contributed by atoms with van der Waals surface area (Å²) < 4.78 is 1.20. The quantitative estimate of drug-likeness (QED) is 0.869. The van der Waals surface area contributed by atoms with Gasteiger partial charge in [-0.05, 0) is 36.6 Å². The molecule has 0 amide bonds. The first-order valence-electron chi connectivity index (χ1n) is 5.55. The average Bonchev–Trinajstić information content (AvgIpc) is 2.18. The molecule has 15 heavy (non-hydrogen) atoms. The van der Waals surface area contributed by atoms with E-state index in [4.69, 9.17) is 0 Å². The maximum Gasteiger partial charge on any atom is 0.0343 e. The van der Waals surface area contributed by atoms with Crippen LogP contribution in [0.1, 0.15) is 37.9 Å². The fraction of sp³-hybridized carbons (Fsp3) is 0.538. The summed E-state index contributed by atoms with van der Waals surface area (Å²) >= 11 is 3.59. The van der Waals surface area contributed by atoms with E-state index in [0.29, 0.717) is 12.0 Å². The number of halogens is 1. The van der Waals surface area contributed by atoms with Gasteiger partial charge in [0, 0.05) is 10.5 Å². The molecule has 1 rings (SSSR count). The largest absolute Gasteiger partial charge is 0.310 e. The van der Waals surface area contributed by atoms with Crippen molar-refractivity contribution in [3.63, 3.8) is 0 Å². The van der Waals surface area contributed by atoms with E-state index in [1.54, 1.807) is 0 Å². The van der Waals surface area contributed by atoms with Crippen LogP contribution in [-0.4, -0.2) is 6.54 Å². The first kappa shape index (κ1) is 12.7. The van der Waals surface area contributed by atoms with Crippen molar-refractivity contribution >= 4 is 15.9 Å². The molecular weight excluding hydrogens is 250 g/mol. The topological polar surface area (TPSA) is 12.0 Å². The molecule has 0 aliphatic carbocycles. The van der Waals surface area contributed by atoms with Gasteiger partial charge in [0.1, 0.15) is 0 Å². The number of nitrogens with one attached hydrogen (secondary N) is 1. The van der Waals surface area contributed by atoms with Crippen molar-refractivity contribution in [2.75, 3.05) is 6.54 Å². The summed E-state index contributed by atoms with van der Waals surface area (Å²) in [5.41, 5.74) is 2.65. The third-order valence-electron chi connectivity index (χ3n) is 2.65. The van der Waals surface area contributed by atoms with E-state index in [1.165, 1.54) is 15.6 Å². The molecule has 1 atom stereocenters. The van der Waals surface area contributed by atoms with Gasteiger partial charge >= 0.3 is 0 Å². The Balaban J connectivity index is 2.95. The maximum absolute atomic E-state index is 3.59. The van der Waals surface area contributed by atoms with Gasteiger partial charge in [0.05, 0.1) is 0 Å². The van der Waals surface area contributed by atoms with Crippen molar-refractivity contribution in [3.05, 3.63) is 33.8 Å². The molecule has 0 spiro atoms. The van der Waals surface area contributed by atoms with Gasteiger partial charge in [0.25, 0.3) is 0 Å². The van der Waals surface area contributed by atoms with Gasteiger partial charge in [-0.15, -0.1) is 0 Å². The molecule has 0 fully saturated rings. The highest BCUT2D eigenvalue weighted by Crippen LogP contribution is 2.26. The lowest BCUT2D eigenvalue weighted by molar-refractivity contribution is 0.421. The lowest BCUT2D eigenvalue weighted by atomic mass is 9.95. The van der Waals surface area contributed by atoms with Crippen LogP contribution in [0.2, 0.25) is 0 Å². The highest BCUT2D eigenvalue weighted by atomic mass is 79.9. The lowest BCUT2D eigenvalue weighted by Gasteiger charge is -2.22. The van der Waals surface area contributed by atoms with Crippen LogP contribution in [0.3, 0.4) is 0 Å². The van der Waals surface area contributed by atoms with Gasteiger partial charge in [-0.2, -0.15) is 0 Å². The van der Waals surface area contributed by atoms with E-state index in [1.807, 2.05) is 0 Å². The molecule has 1 N–H and O–H groups in total. The second-order valence-electron chi connectivity index (χ2n) is 4.29. The Morgan fingerprint density at radius 2 is 2.00 bits per heavy atom. The van der Waals surface area contributed by atoms with Crippen LogP contribution in [-0.2, 0) is 0 Å². The monoisotopic (exact) mass is 269 g/mol. The molecule has 84 valence electrons. The fourth-order valence-corrected chi connectivity index (χ4v) is 2.16. The van der Waals surface area contributed by atoms with E-state index < -0.39 is 0 Å². The van der Waals surface area contributed by atoms with Gasteiger partial charge in [-0.3, -0.25) is 0 Å². The van der Waals surface area contributed by atoms with Crippen LogP contribution in [0.15, 0.2) is 22.7 Å². The van der Waals surface area contributed by atoms with Gasteiger partial charge in [0.2, 0.25) is 0 Å². The van der Waals surface area contributed by atoms with E-state index in [0.717, 1.165) is 6.54 Å². The van der Waals surface area contributed by atoms with Crippen molar-refractivity contribution in [2.45, 2.75) is 33.7 Å². The summed E-state index contributed by atoms with van der Waals surface area (Å²) in [6.45, 7) is 9.78. The van der Waals surface area contributed by atoms with Crippen LogP contribution in [0.5, 0.6) is 0 Å². The SMILES string of the molecule is CCNC(c1ccc(C)c(Br)c1)C(C)C. The Morgan fingerprint density at radius 1 is 1.33 bits per heavy atom. The summed E-state index contributed by atoms with van der Waals surface area (Å²) in [7, 11) is 0. The number of hydrogen-bond acceptors (Lipinski definition) is 1. The number of aryl methyl sites for hydroxylation is 1. The zero-order chi connectivity index (χ0) is 11.4. The standard InChI is InChI=1S/C13H20BrN/c1-5-15-13(9(2)3)11-7-6-10(4)12(14)8-11/h6-9,13,15H,5H2,1-4H3. The molecule has 0 saturated heterocycles. The summed E-state index contributed by atoms with van der Waals surface area (Å²) in [4.78, 5) is 0. The molecule has 1 aromatic carbocycles. The molecule has 0 aliphatic rings. The molecule has 0 aromatic heterocycles. The van der Waals surface area contributed by atoms with Crippen molar-refractivity contribution in [1.82, 2.24) is 5.32 Å². The maximum atomic E-state index is 3.59. The summed E-state index contributed by atoms with van der Waals surface area (Å²) in [6.07, 6.45) is 0. The van der Waals surface area contributed by atoms with E-state index in [-0.39, 0.29) is 0 Å². The Bertz CT molecular complexity index is 320. The molecule has 2 heteroatoms. The first-order valence-corrected chi connectivity index (χ1v) is 6.35. The number of benzene rings is 1. The Morgan fingerprint density at radius 3 is 2.47 bits per heavy atom. The van der Waals surface area contributed by atoms with Gasteiger partial charge in [0.15, 0.2) is 0 Å². The second-order valence-corrected chi connectivity index (χ2v) is 5.14. The van der Waals surface area contributed by atoms with Crippen LogP contribution < -0.4 is 5.32 Å². The minimum Gasteiger partial charge on any atom is -0.310 e.